The van der Waals surface area contributed by atoms with E-state index in [0.717, 1.165) is 56.7 Å². The molecule has 0 aliphatic heterocycles. The van der Waals surface area contributed by atoms with E-state index in [2.05, 4.69) is 336 Å². The second-order valence-electron chi connectivity index (χ2n) is 38.2. The number of rotatable bonds is 18. The van der Waals surface area contributed by atoms with E-state index in [1.165, 1.54) is 265 Å². The molecule has 0 bridgehead atoms. The Hall–Kier alpha value is -11.8. The molecular formula is C117H102O2. The zero-order valence-electron chi connectivity index (χ0n) is 70.6. The first-order valence-corrected chi connectivity index (χ1v) is 44.7. The van der Waals surface area contributed by atoms with Crippen LogP contribution in [-0.2, 0) is 27.1 Å². The van der Waals surface area contributed by atoms with Crippen LogP contribution < -0.4 is 0 Å². The van der Waals surface area contributed by atoms with Gasteiger partial charge in [-0.3, -0.25) is 0 Å². The Balaban J connectivity index is 0.688. The summed E-state index contributed by atoms with van der Waals surface area (Å²) in [5, 5.41) is 14.8. The fourth-order valence-electron chi connectivity index (χ4n) is 24.2. The third kappa shape index (κ3) is 10.4. The molecule has 2 aromatic heterocycles. The van der Waals surface area contributed by atoms with Gasteiger partial charge in [-0.1, -0.05) is 328 Å². The summed E-state index contributed by atoms with van der Waals surface area (Å²) in [4.78, 5) is 0. The van der Waals surface area contributed by atoms with E-state index in [9.17, 15) is 0 Å². The van der Waals surface area contributed by atoms with Crippen LogP contribution in [0, 0.1) is 0 Å². The summed E-state index contributed by atoms with van der Waals surface area (Å²) in [6.45, 7) is 24.7. The number of benzene rings is 16. The summed E-state index contributed by atoms with van der Waals surface area (Å²) < 4.78 is 13.6. The van der Waals surface area contributed by atoms with E-state index in [1.54, 1.807) is 11.1 Å². The maximum atomic E-state index is 6.82. The third-order valence-corrected chi connectivity index (χ3v) is 30.2. The molecule has 0 spiro atoms. The van der Waals surface area contributed by atoms with Crippen molar-refractivity contribution >= 4 is 87.0 Å². The SMILES string of the molecule is CCCCCCCCC1(CCCCCCCC)c2cc3c(cc2-c2cc4c(cc21)-c1c(cc(-c2ccc(-c5ccc6c(c5)oc5cc7ccccc7cc56)c5c2-c2ccccc2C5(C)C)c2ccccc12)C4(C)C)C(C)(C)c1cc(-c2ccc(-c4ccc5c(c4)oc4cc6ccccc6cc45)c4c2-c2ccccc2C4(C)C)c2ccccc2c1-3. The van der Waals surface area contributed by atoms with Crippen molar-refractivity contribution in [2.75, 3.05) is 0 Å². The molecule has 119 heavy (non-hydrogen) atoms. The first kappa shape index (κ1) is 72.4. The van der Waals surface area contributed by atoms with Crippen LogP contribution in [0.4, 0.5) is 0 Å². The first-order chi connectivity index (χ1) is 57.9. The van der Waals surface area contributed by atoms with Gasteiger partial charge in [0.25, 0.3) is 0 Å². The average molecular weight is 1540 g/mol. The molecule has 582 valence electrons. The number of hydrogen-bond donors (Lipinski definition) is 0. The molecule has 0 saturated carbocycles. The topological polar surface area (TPSA) is 26.3 Å². The van der Waals surface area contributed by atoms with E-state index in [1.807, 2.05) is 0 Å². The average Bonchev–Trinajstić information content (AvgIpc) is 0.975. The largest absolute Gasteiger partial charge is 0.456 e. The molecule has 5 aliphatic rings. The fourth-order valence-corrected chi connectivity index (χ4v) is 24.2. The molecule has 18 aromatic rings. The molecule has 2 heterocycles. The van der Waals surface area contributed by atoms with Gasteiger partial charge in [-0.05, 0) is 297 Å². The lowest BCUT2D eigenvalue weighted by Crippen LogP contribution is -2.26. The molecule has 0 amide bonds. The highest BCUT2D eigenvalue weighted by atomic mass is 16.3. The molecule has 0 saturated heterocycles. The molecule has 2 nitrogen and oxygen atoms in total. The molecule has 0 fully saturated rings. The van der Waals surface area contributed by atoms with Crippen molar-refractivity contribution in [1.82, 2.24) is 0 Å². The second-order valence-corrected chi connectivity index (χ2v) is 38.2. The molecule has 5 aliphatic carbocycles. The molecule has 0 atom stereocenters. The van der Waals surface area contributed by atoms with Gasteiger partial charge in [0.05, 0.1) is 0 Å². The van der Waals surface area contributed by atoms with Crippen LogP contribution in [0.25, 0.3) is 187 Å². The van der Waals surface area contributed by atoms with Gasteiger partial charge in [-0.15, -0.1) is 0 Å². The van der Waals surface area contributed by atoms with Crippen LogP contribution in [0.3, 0.4) is 0 Å². The van der Waals surface area contributed by atoms with Gasteiger partial charge in [-0.25, -0.2) is 0 Å². The van der Waals surface area contributed by atoms with E-state index >= 15 is 0 Å². The zero-order valence-corrected chi connectivity index (χ0v) is 70.6. The van der Waals surface area contributed by atoms with Crippen molar-refractivity contribution in [1.29, 1.82) is 0 Å². The van der Waals surface area contributed by atoms with Gasteiger partial charge >= 0.3 is 0 Å². The van der Waals surface area contributed by atoms with Gasteiger partial charge in [0.15, 0.2) is 0 Å². The summed E-state index contributed by atoms with van der Waals surface area (Å²) in [5.74, 6) is 0. The Labute approximate surface area is 700 Å². The van der Waals surface area contributed by atoms with Crippen LogP contribution in [0.1, 0.15) is 215 Å². The summed E-state index contributed by atoms with van der Waals surface area (Å²) >= 11 is 0. The summed E-state index contributed by atoms with van der Waals surface area (Å²) in [6.07, 6.45) is 17.5. The lowest BCUT2D eigenvalue weighted by Gasteiger charge is -2.34. The lowest BCUT2D eigenvalue weighted by atomic mass is 9.69. The van der Waals surface area contributed by atoms with Gasteiger partial charge in [-0.2, -0.15) is 0 Å². The highest BCUT2D eigenvalue weighted by Crippen LogP contribution is 2.66. The van der Waals surface area contributed by atoms with Crippen LogP contribution in [0.15, 0.2) is 276 Å². The maximum absolute atomic E-state index is 6.82. The lowest BCUT2D eigenvalue weighted by molar-refractivity contribution is 0.398. The van der Waals surface area contributed by atoms with E-state index in [0.29, 0.717) is 0 Å². The molecule has 16 aromatic carbocycles. The van der Waals surface area contributed by atoms with Crippen LogP contribution in [0.5, 0.6) is 0 Å². The smallest absolute Gasteiger partial charge is 0.136 e. The zero-order chi connectivity index (χ0) is 80.3. The minimum Gasteiger partial charge on any atom is -0.456 e. The number of fused-ring (bicyclic) bond motifs is 27. The standard InChI is InChI=1S/C117H102O2/c1-11-13-15-17-19-33-55-117(56-34-20-18-16-14-12-2)99-67-93-97(113(3,4)101-63-87(77-39-25-27-41-81(77)107(93)101)83-53-51-75(111-109(83)85-43-29-31-45-95(85)115(111,7)8)73-47-49-79-91-57-69-35-21-23-37-71(69)59-105(91)118-103(79)61-73)65-89(99)90-66-98-94(68-100(90)117)108-82-42-28-26-40-78(82)88(64-102(108)114(98,5)6)84-54-52-76(112-110(84)86-44-30-32-46-96(86)116(112,9)10)74-48-50-80-92-58-70-36-22-24-38-72(70)60-106(92)119-104(80)62-74/h21-32,35-54,57-68H,11-20,33-34,55-56H2,1-10H3. The molecule has 0 unspecified atom stereocenters. The molecule has 2 heteroatoms. The van der Waals surface area contributed by atoms with Crippen molar-refractivity contribution in [2.45, 2.75) is 186 Å². The predicted octanol–water partition coefficient (Wildman–Crippen LogP) is 33.8. The van der Waals surface area contributed by atoms with Crippen molar-refractivity contribution in [3.8, 4) is 100 Å². The Morgan fingerprint density at radius 1 is 0.210 bits per heavy atom. The first-order valence-electron chi connectivity index (χ1n) is 44.7. The number of unbranched alkanes of at least 4 members (excludes halogenated alkanes) is 10. The fraction of sp³-hybridized carbons (Fsp3) is 0.248. The van der Waals surface area contributed by atoms with Crippen molar-refractivity contribution in [2.24, 2.45) is 0 Å². The minimum atomic E-state index is -0.329. The van der Waals surface area contributed by atoms with Crippen LogP contribution in [-0.4, -0.2) is 0 Å². The van der Waals surface area contributed by atoms with Gasteiger partial charge in [0.2, 0.25) is 0 Å². The normalized spacial score (nSPS) is 15.4. The van der Waals surface area contributed by atoms with Crippen LogP contribution >= 0.6 is 0 Å². The third-order valence-electron chi connectivity index (χ3n) is 30.2. The number of hydrogen-bond acceptors (Lipinski definition) is 2. The van der Waals surface area contributed by atoms with Crippen molar-refractivity contribution in [3.05, 3.63) is 323 Å². The Morgan fingerprint density at radius 2 is 0.555 bits per heavy atom. The monoisotopic (exact) mass is 1540 g/mol. The highest BCUT2D eigenvalue weighted by Gasteiger charge is 2.50. The van der Waals surface area contributed by atoms with Crippen LogP contribution in [0.2, 0.25) is 0 Å². The van der Waals surface area contributed by atoms with Gasteiger partial charge in [0.1, 0.15) is 22.3 Å². The Morgan fingerprint density at radius 3 is 0.983 bits per heavy atom. The Bertz CT molecular complexity index is 6950. The van der Waals surface area contributed by atoms with E-state index in [4.69, 9.17) is 8.83 Å². The van der Waals surface area contributed by atoms with Crippen molar-refractivity contribution in [3.63, 3.8) is 0 Å². The molecule has 0 N–H and O–H groups in total. The quantitative estimate of drug-likeness (QED) is 0.0801. The summed E-state index contributed by atoms with van der Waals surface area (Å²) in [5.41, 5.74) is 40.8. The van der Waals surface area contributed by atoms with E-state index < -0.39 is 0 Å². The molecule has 0 radical (unpaired) electrons. The Kier molecular flexibility index (Phi) is 16.2. The van der Waals surface area contributed by atoms with Gasteiger partial charge in [0, 0.05) is 48.6 Å². The van der Waals surface area contributed by atoms with E-state index in [-0.39, 0.29) is 27.1 Å². The highest BCUT2D eigenvalue weighted by molar-refractivity contribution is 6.17. The molecular weight excluding hydrogens is 1440 g/mol. The molecule has 23 rings (SSSR count). The second kappa shape index (κ2) is 26.6. The maximum Gasteiger partial charge on any atom is 0.136 e. The van der Waals surface area contributed by atoms with Gasteiger partial charge < -0.3 is 8.83 Å². The predicted molar refractivity (Wildman–Crippen MR) is 505 cm³/mol. The number of furan rings is 2. The minimum absolute atomic E-state index is 0.187. The van der Waals surface area contributed by atoms with Crippen molar-refractivity contribution < 1.29 is 8.83 Å². The summed E-state index contributed by atoms with van der Waals surface area (Å²) in [7, 11) is 0. The summed E-state index contributed by atoms with van der Waals surface area (Å²) in [6, 6.07) is 104.